The third kappa shape index (κ3) is 2.53. The standard InChI is InChI=1S/C10H7BrO3/c11-9(10(13)14)5-7-3-1-2-4-8(7)6-12/h1-6H,(H,13,14). The minimum atomic E-state index is -1.06. The first-order chi connectivity index (χ1) is 6.65. The van der Waals surface area contributed by atoms with E-state index in [2.05, 4.69) is 15.9 Å². The van der Waals surface area contributed by atoms with Crippen LogP contribution in [0.4, 0.5) is 0 Å². The van der Waals surface area contributed by atoms with Gasteiger partial charge in [0.05, 0.1) is 0 Å². The summed E-state index contributed by atoms with van der Waals surface area (Å²) in [7, 11) is 0. The second-order valence-electron chi connectivity index (χ2n) is 2.54. The number of rotatable bonds is 3. The van der Waals surface area contributed by atoms with Crippen LogP contribution in [0.5, 0.6) is 0 Å². The van der Waals surface area contributed by atoms with Crippen molar-refractivity contribution in [2.24, 2.45) is 0 Å². The van der Waals surface area contributed by atoms with E-state index in [4.69, 9.17) is 5.11 Å². The van der Waals surface area contributed by atoms with Crippen molar-refractivity contribution >= 4 is 34.3 Å². The summed E-state index contributed by atoms with van der Waals surface area (Å²) in [6.45, 7) is 0. The second-order valence-corrected chi connectivity index (χ2v) is 3.40. The molecule has 72 valence electrons. The maximum absolute atomic E-state index is 10.6. The lowest BCUT2D eigenvalue weighted by Gasteiger charge is -1.97. The summed E-state index contributed by atoms with van der Waals surface area (Å²) in [5.74, 6) is -1.06. The molecular formula is C10H7BrO3. The molecule has 0 saturated carbocycles. The lowest BCUT2D eigenvalue weighted by atomic mass is 10.1. The van der Waals surface area contributed by atoms with Crippen LogP contribution in [-0.2, 0) is 4.79 Å². The van der Waals surface area contributed by atoms with Crippen LogP contribution in [0.2, 0.25) is 0 Å². The van der Waals surface area contributed by atoms with Crippen LogP contribution in [0, 0.1) is 0 Å². The first-order valence-corrected chi connectivity index (χ1v) is 4.59. The quantitative estimate of drug-likeness (QED) is 0.666. The number of hydrogen-bond donors (Lipinski definition) is 1. The molecular weight excluding hydrogens is 248 g/mol. The van der Waals surface area contributed by atoms with Crippen molar-refractivity contribution in [3.05, 3.63) is 39.9 Å². The minimum Gasteiger partial charge on any atom is -0.477 e. The molecule has 0 radical (unpaired) electrons. The second kappa shape index (κ2) is 4.72. The van der Waals surface area contributed by atoms with E-state index in [-0.39, 0.29) is 4.48 Å². The first kappa shape index (κ1) is 10.7. The Bertz CT molecular complexity index is 396. The van der Waals surface area contributed by atoms with Gasteiger partial charge in [-0.3, -0.25) is 4.79 Å². The molecule has 1 aromatic carbocycles. The Hall–Kier alpha value is -1.42. The summed E-state index contributed by atoms with van der Waals surface area (Å²) >= 11 is 2.89. The highest BCUT2D eigenvalue weighted by atomic mass is 79.9. The molecule has 0 bridgehead atoms. The molecule has 0 atom stereocenters. The fourth-order valence-electron chi connectivity index (χ4n) is 0.948. The third-order valence-electron chi connectivity index (χ3n) is 1.61. The topological polar surface area (TPSA) is 54.4 Å². The smallest absolute Gasteiger partial charge is 0.342 e. The van der Waals surface area contributed by atoms with Gasteiger partial charge in [-0.05, 0) is 27.6 Å². The van der Waals surface area contributed by atoms with Crippen LogP contribution in [0.25, 0.3) is 6.08 Å². The molecule has 0 saturated heterocycles. The number of benzene rings is 1. The highest BCUT2D eigenvalue weighted by molar-refractivity contribution is 9.12. The largest absolute Gasteiger partial charge is 0.477 e. The molecule has 0 heterocycles. The highest BCUT2D eigenvalue weighted by Crippen LogP contribution is 2.15. The Morgan fingerprint density at radius 1 is 1.29 bits per heavy atom. The zero-order valence-electron chi connectivity index (χ0n) is 7.11. The molecule has 0 spiro atoms. The molecule has 0 fully saturated rings. The predicted octanol–water partition coefficient (Wildman–Crippen LogP) is 2.32. The molecule has 1 aromatic rings. The van der Waals surface area contributed by atoms with E-state index >= 15 is 0 Å². The normalized spacial score (nSPS) is 11.1. The van der Waals surface area contributed by atoms with Crippen molar-refractivity contribution in [3.8, 4) is 0 Å². The van der Waals surface area contributed by atoms with Gasteiger partial charge in [-0.1, -0.05) is 24.3 Å². The molecule has 3 nitrogen and oxygen atoms in total. The summed E-state index contributed by atoms with van der Waals surface area (Å²) in [5.41, 5.74) is 1.04. The molecule has 0 aliphatic carbocycles. The van der Waals surface area contributed by atoms with Crippen LogP contribution < -0.4 is 0 Å². The van der Waals surface area contributed by atoms with Gasteiger partial charge >= 0.3 is 5.97 Å². The van der Waals surface area contributed by atoms with E-state index in [9.17, 15) is 9.59 Å². The van der Waals surface area contributed by atoms with Crippen LogP contribution in [-0.4, -0.2) is 17.4 Å². The fourth-order valence-corrected chi connectivity index (χ4v) is 1.19. The van der Waals surface area contributed by atoms with Crippen molar-refractivity contribution < 1.29 is 14.7 Å². The van der Waals surface area contributed by atoms with Gasteiger partial charge in [0.25, 0.3) is 0 Å². The van der Waals surface area contributed by atoms with Gasteiger partial charge in [-0.2, -0.15) is 0 Å². The summed E-state index contributed by atoms with van der Waals surface area (Å²) in [6, 6.07) is 6.76. The number of aliphatic carboxylic acids is 1. The average Bonchev–Trinajstić information content (AvgIpc) is 2.18. The maximum Gasteiger partial charge on any atom is 0.342 e. The predicted molar refractivity (Wildman–Crippen MR) is 56.4 cm³/mol. The molecule has 1 rings (SSSR count). The Morgan fingerprint density at radius 3 is 2.36 bits per heavy atom. The van der Waals surface area contributed by atoms with Crippen molar-refractivity contribution in [1.29, 1.82) is 0 Å². The lowest BCUT2D eigenvalue weighted by molar-refractivity contribution is -0.131. The Kier molecular flexibility index (Phi) is 3.59. The van der Waals surface area contributed by atoms with Crippen molar-refractivity contribution in [3.63, 3.8) is 0 Å². The number of carboxylic acids is 1. The van der Waals surface area contributed by atoms with Gasteiger partial charge in [0.2, 0.25) is 0 Å². The first-order valence-electron chi connectivity index (χ1n) is 3.80. The van der Waals surface area contributed by atoms with E-state index in [1.165, 1.54) is 6.08 Å². The van der Waals surface area contributed by atoms with E-state index in [1.54, 1.807) is 24.3 Å². The van der Waals surface area contributed by atoms with Crippen LogP contribution >= 0.6 is 15.9 Å². The van der Waals surface area contributed by atoms with Gasteiger partial charge in [0, 0.05) is 5.56 Å². The van der Waals surface area contributed by atoms with E-state index in [0.717, 1.165) is 0 Å². The number of aldehydes is 1. The molecule has 0 unspecified atom stereocenters. The van der Waals surface area contributed by atoms with Gasteiger partial charge in [0.15, 0.2) is 6.29 Å². The van der Waals surface area contributed by atoms with Crippen LogP contribution in [0.1, 0.15) is 15.9 Å². The number of hydrogen-bond acceptors (Lipinski definition) is 2. The Morgan fingerprint density at radius 2 is 1.86 bits per heavy atom. The van der Waals surface area contributed by atoms with Crippen LogP contribution in [0.15, 0.2) is 28.7 Å². The Balaban J connectivity index is 3.13. The van der Waals surface area contributed by atoms with Crippen LogP contribution in [0.3, 0.4) is 0 Å². The molecule has 0 aromatic heterocycles. The average molecular weight is 255 g/mol. The van der Waals surface area contributed by atoms with Gasteiger partial charge < -0.3 is 5.11 Å². The fraction of sp³-hybridized carbons (Fsp3) is 0. The Labute approximate surface area is 89.2 Å². The number of carboxylic acid groups (broad SMARTS) is 1. The molecule has 0 aliphatic rings. The summed E-state index contributed by atoms with van der Waals surface area (Å²) in [5, 5.41) is 8.60. The summed E-state index contributed by atoms with van der Waals surface area (Å²) in [6.07, 6.45) is 2.08. The SMILES string of the molecule is O=Cc1ccccc1C=C(Br)C(=O)O. The van der Waals surface area contributed by atoms with Crippen molar-refractivity contribution in [2.75, 3.05) is 0 Å². The van der Waals surface area contributed by atoms with E-state index in [1.807, 2.05) is 0 Å². The molecule has 1 N–H and O–H groups in total. The number of carbonyl (C=O) groups is 2. The number of carbonyl (C=O) groups excluding carboxylic acids is 1. The molecule has 14 heavy (non-hydrogen) atoms. The number of halogens is 1. The van der Waals surface area contributed by atoms with E-state index in [0.29, 0.717) is 17.4 Å². The summed E-state index contributed by atoms with van der Waals surface area (Å²) in [4.78, 5) is 21.1. The maximum atomic E-state index is 10.6. The highest BCUT2D eigenvalue weighted by Gasteiger charge is 2.04. The molecule has 0 amide bonds. The van der Waals surface area contributed by atoms with Crippen molar-refractivity contribution in [2.45, 2.75) is 0 Å². The zero-order chi connectivity index (χ0) is 10.6. The lowest BCUT2D eigenvalue weighted by Crippen LogP contribution is -1.94. The monoisotopic (exact) mass is 254 g/mol. The minimum absolute atomic E-state index is 0.0202. The van der Waals surface area contributed by atoms with Crippen molar-refractivity contribution in [1.82, 2.24) is 0 Å². The van der Waals surface area contributed by atoms with E-state index < -0.39 is 5.97 Å². The zero-order valence-corrected chi connectivity index (χ0v) is 8.69. The third-order valence-corrected chi connectivity index (χ3v) is 2.18. The van der Waals surface area contributed by atoms with Gasteiger partial charge in [-0.15, -0.1) is 0 Å². The molecule has 0 aliphatic heterocycles. The van der Waals surface area contributed by atoms with Gasteiger partial charge in [-0.25, -0.2) is 4.79 Å². The summed E-state index contributed by atoms with van der Waals surface area (Å²) < 4.78 is 0.0202. The van der Waals surface area contributed by atoms with Gasteiger partial charge in [0.1, 0.15) is 4.48 Å². The molecule has 4 heteroatoms.